The number of ether oxygens (including phenoxy) is 1. The van der Waals surface area contributed by atoms with Crippen LogP contribution in [-0.2, 0) is 9.53 Å². The molecule has 1 unspecified atom stereocenters. The summed E-state index contributed by atoms with van der Waals surface area (Å²) in [5, 5.41) is 5.40. The fourth-order valence-corrected chi connectivity index (χ4v) is 1.35. The predicted octanol–water partition coefficient (Wildman–Crippen LogP) is 2.37. The lowest BCUT2D eigenvalue weighted by Gasteiger charge is -2.23. The van der Waals surface area contributed by atoms with E-state index in [0.717, 1.165) is 5.57 Å². The van der Waals surface area contributed by atoms with E-state index in [0.29, 0.717) is 13.0 Å². The van der Waals surface area contributed by atoms with Gasteiger partial charge in [0.1, 0.15) is 6.04 Å². The van der Waals surface area contributed by atoms with Crippen molar-refractivity contribution in [3.05, 3.63) is 11.6 Å². The van der Waals surface area contributed by atoms with Crippen molar-refractivity contribution in [1.29, 1.82) is 0 Å². The summed E-state index contributed by atoms with van der Waals surface area (Å²) in [5.41, 5.74) is 0.743. The van der Waals surface area contributed by atoms with Crippen molar-refractivity contribution in [1.82, 2.24) is 10.6 Å². The summed E-state index contributed by atoms with van der Waals surface area (Å²) in [6.45, 7) is 11.6. The molecule has 0 saturated heterocycles. The maximum Gasteiger partial charge on any atom is 0.329 e. The topological polar surface area (TPSA) is 67.4 Å². The van der Waals surface area contributed by atoms with Crippen LogP contribution in [0.1, 0.15) is 48.0 Å². The van der Waals surface area contributed by atoms with Crippen molar-refractivity contribution in [2.45, 2.75) is 59.5 Å². The number of amides is 2. The standard InChI is InChI=1S/C14H26N2O3/c1-7-19-12(17)11(9-8-10(2)3)15-13(18)16-14(4,5)6/h8,11H,7,9H2,1-6H3,(H2,15,16,18). The highest BCUT2D eigenvalue weighted by Crippen LogP contribution is 2.03. The fourth-order valence-electron chi connectivity index (χ4n) is 1.35. The first-order valence-corrected chi connectivity index (χ1v) is 6.54. The Kier molecular flexibility index (Phi) is 7.19. The molecule has 5 heteroatoms. The highest BCUT2D eigenvalue weighted by atomic mass is 16.5. The Morgan fingerprint density at radius 1 is 1.26 bits per heavy atom. The van der Waals surface area contributed by atoms with E-state index < -0.39 is 12.0 Å². The number of allylic oxidation sites excluding steroid dienone is 1. The van der Waals surface area contributed by atoms with Crippen LogP contribution in [0.2, 0.25) is 0 Å². The molecular formula is C14H26N2O3. The van der Waals surface area contributed by atoms with Crippen molar-refractivity contribution < 1.29 is 14.3 Å². The molecule has 19 heavy (non-hydrogen) atoms. The largest absolute Gasteiger partial charge is 0.464 e. The molecule has 0 aliphatic rings. The van der Waals surface area contributed by atoms with Crippen molar-refractivity contribution in [3.8, 4) is 0 Å². The van der Waals surface area contributed by atoms with Gasteiger partial charge in [0.05, 0.1) is 6.61 Å². The molecule has 110 valence electrons. The van der Waals surface area contributed by atoms with Crippen LogP contribution in [0.3, 0.4) is 0 Å². The number of hydrogen-bond acceptors (Lipinski definition) is 3. The number of esters is 1. The molecule has 0 radical (unpaired) electrons. The lowest BCUT2D eigenvalue weighted by Crippen LogP contribution is -2.51. The summed E-state index contributed by atoms with van der Waals surface area (Å²) in [5.74, 6) is -0.413. The van der Waals surface area contributed by atoms with Crippen LogP contribution in [-0.4, -0.2) is 30.2 Å². The van der Waals surface area contributed by atoms with Gasteiger partial charge in [-0.3, -0.25) is 0 Å². The molecule has 0 rings (SSSR count). The molecule has 0 bridgehead atoms. The Morgan fingerprint density at radius 3 is 2.26 bits per heavy atom. The Labute approximate surface area is 115 Å². The second-order valence-electron chi connectivity index (χ2n) is 5.67. The molecule has 2 N–H and O–H groups in total. The van der Waals surface area contributed by atoms with E-state index in [2.05, 4.69) is 10.6 Å². The summed E-state index contributed by atoms with van der Waals surface area (Å²) in [4.78, 5) is 23.5. The summed E-state index contributed by atoms with van der Waals surface area (Å²) >= 11 is 0. The molecule has 0 spiro atoms. The first-order chi connectivity index (χ1) is 8.65. The maximum absolute atomic E-state index is 11.8. The molecule has 5 nitrogen and oxygen atoms in total. The first-order valence-electron chi connectivity index (χ1n) is 6.54. The molecule has 1 atom stereocenters. The van der Waals surface area contributed by atoms with Crippen LogP contribution in [0.25, 0.3) is 0 Å². The number of nitrogens with one attached hydrogen (secondary N) is 2. The number of carbonyl (C=O) groups is 2. The lowest BCUT2D eigenvalue weighted by atomic mass is 10.1. The molecule has 0 aliphatic carbocycles. The van der Waals surface area contributed by atoms with Gasteiger partial charge >= 0.3 is 12.0 Å². The molecule has 2 amide bonds. The molecule has 0 aromatic rings. The van der Waals surface area contributed by atoms with Crippen molar-refractivity contribution in [2.75, 3.05) is 6.61 Å². The van der Waals surface area contributed by atoms with E-state index >= 15 is 0 Å². The van der Waals surface area contributed by atoms with E-state index in [-0.39, 0.29) is 11.6 Å². The average Bonchev–Trinajstić information content (AvgIpc) is 2.21. The van der Waals surface area contributed by atoms with E-state index in [9.17, 15) is 9.59 Å². The Balaban J connectivity index is 4.62. The third-order valence-corrected chi connectivity index (χ3v) is 2.13. The van der Waals surface area contributed by atoms with Gasteiger partial charge in [0.15, 0.2) is 0 Å². The normalized spacial score (nSPS) is 12.3. The van der Waals surface area contributed by atoms with Crippen LogP contribution in [0.5, 0.6) is 0 Å². The summed E-state index contributed by atoms with van der Waals surface area (Å²) < 4.78 is 4.96. The predicted molar refractivity (Wildman–Crippen MR) is 75.9 cm³/mol. The van der Waals surface area contributed by atoms with Gasteiger partial charge in [-0.15, -0.1) is 0 Å². The average molecular weight is 270 g/mol. The zero-order valence-electron chi connectivity index (χ0n) is 12.8. The number of hydrogen-bond donors (Lipinski definition) is 2. The van der Waals surface area contributed by atoms with E-state index in [1.165, 1.54) is 0 Å². The van der Waals surface area contributed by atoms with Gasteiger partial charge in [-0.05, 0) is 48.0 Å². The van der Waals surface area contributed by atoms with E-state index in [1.54, 1.807) is 6.92 Å². The van der Waals surface area contributed by atoms with Gasteiger partial charge < -0.3 is 15.4 Å². The summed E-state index contributed by atoms with van der Waals surface area (Å²) in [6, 6.07) is -1.02. The number of urea groups is 1. The molecule has 0 fully saturated rings. The van der Waals surface area contributed by atoms with Gasteiger partial charge in [0.2, 0.25) is 0 Å². The highest BCUT2D eigenvalue weighted by Gasteiger charge is 2.22. The zero-order valence-corrected chi connectivity index (χ0v) is 12.8. The minimum absolute atomic E-state index is 0.298. The van der Waals surface area contributed by atoms with Crippen LogP contribution in [0.15, 0.2) is 11.6 Å². The zero-order chi connectivity index (χ0) is 15.1. The van der Waals surface area contributed by atoms with E-state index in [4.69, 9.17) is 4.74 Å². The SMILES string of the molecule is CCOC(=O)C(CC=C(C)C)NC(=O)NC(C)(C)C. The molecular weight excluding hydrogens is 244 g/mol. The van der Waals surface area contributed by atoms with Gasteiger partial charge in [-0.2, -0.15) is 0 Å². The smallest absolute Gasteiger partial charge is 0.329 e. The van der Waals surface area contributed by atoms with Crippen molar-refractivity contribution in [2.24, 2.45) is 0 Å². The minimum Gasteiger partial charge on any atom is -0.464 e. The van der Waals surface area contributed by atoms with Gasteiger partial charge in [0.25, 0.3) is 0 Å². The third-order valence-electron chi connectivity index (χ3n) is 2.13. The monoisotopic (exact) mass is 270 g/mol. The number of rotatable bonds is 5. The third kappa shape index (κ3) is 9.11. The minimum atomic E-state index is -0.655. The van der Waals surface area contributed by atoms with Crippen molar-refractivity contribution >= 4 is 12.0 Å². The Bertz CT molecular complexity index is 339. The van der Waals surface area contributed by atoms with Gasteiger partial charge in [-0.25, -0.2) is 9.59 Å². The highest BCUT2D eigenvalue weighted by molar-refractivity contribution is 5.84. The molecule has 0 heterocycles. The molecule has 0 aliphatic heterocycles. The first kappa shape index (κ1) is 17.5. The van der Waals surface area contributed by atoms with Crippen LogP contribution >= 0.6 is 0 Å². The van der Waals surface area contributed by atoms with Gasteiger partial charge in [-0.1, -0.05) is 11.6 Å². The van der Waals surface area contributed by atoms with Crippen LogP contribution in [0, 0.1) is 0 Å². The quantitative estimate of drug-likeness (QED) is 0.595. The Hall–Kier alpha value is -1.52. The lowest BCUT2D eigenvalue weighted by molar-refractivity contribution is -0.145. The fraction of sp³-hybridized carbons (Fsp3) is 0.714. The number of carbonyl (C=O) groups excluding carboxylic acids is 2. The van der Waals surface area contributed by atoms with Crippen LogP contribution in [0.4, 0.5) is 4.79 Å². The van der Waals surface area contributed by atoms with Gasteiger partial charge in [0, 0.05) is 5.54 Å². The summed E-state index contributed by atoms with van der Waals surface area (Å²) in [7, 11) is 0. The summed E-state index contributed by atoms with van der Waals surface area (Å²) in [6.07, 6.45) is 2.33. The molecule has 0 aromatic heterocycles. The van der Waals surface area contributed by atoms with E-state index in [1.807, 2.05) is 40.7 Å². The molecule has 0 saturated carbocycles. The maximum atomic E-state index is 11.8. The van der Waals surface area contributed by atoms with Crippen molar-refractivity contribution in [3.63, 3.8) is 0 Å². The second kappa shape index (κ2) is 7.81. The Morgan fingerprint density at radius 2 is 1.84 bits per heavy atom. The van der Waals surface area contributed by atoms with Crippen LogP contribution < -0.4 is 10.6 Å². The second-order valence-corrected chi connectivity index (χ2v) is 5.67. The molecule has 0 aromatic carbocycles.